The molecule has 1 amide bonds. The highest BCUT2D eigenvalue weighted by Gasteiger charge is 2.21. The number of nitrogens with zero attached hydrogens (tertiary/aromatic N) is 2. The number of para-hydroxylation sites is 1. The Hall–Kier alpha value is -4.19. The third-order valence-corrected chi connectivity index (χ3v) is 8.02. The van der Waals surface area contributed by atoms with Gasteiger partial charge in [-0.05, 0) is 48.4 Å². The molecule has 11 heteroatoms. The Balaban J connectivity index is 1.40. The average Bonchev–Trinajstić information content (AvgIpc) is 3.55. The molecular formula is C27H24N6O3S2. The minimum Gasteiger partial charge on any atom is -0.448 e. The number of rotatable bonds is 9. The van der Waals surface area contributed by atoms with Gasteiger partial charge in [0.1, 0.15) is 28.1 Å². The number of hydrogen-bond acceptors (Lipinski definition) is 7. The lowest BCUT2D eigenvalue weighted by Crippen LogP contribution is -2.26. The summed E-state index contributed by atoms with van der Waals surface area (Å²) >= 11 is 1.54. The van der Waals surface area contributed by atoms with Crippen molar-refractivity contribution in [3.63, 3.8) is 0 Å². The predicted molar refractivity (Wildman–Crippen MR) is 149 cm³/mol. The molecule has 3 aromatic carbocycles. The molecule has 0 aliphatic carbocycles. The van der Waals surface area contributed by atoms with Crippen molar-refractivity contribution >= 4 is 50.0 Å². The summed E-state index contributed by atoms with van der Waals surface area (Å²) in [6.07, 6.45) is 1.77. The second-order valence-corrected chi connectivity index (χ2v) is 10.8. The number of thiazole rings is 1. The molecule has 5 N–H and O–H groups in total. The molecule has 0 spiro atoms. The van der Waals surface area contributed by atoms with Crippen LogP contribution in [0.15, 0.2) is 88.4 Å². The van der Waals surface area contributed by atoms with Crippen LogP contribution in [0.3, 0.4) is 0 Å². The molecule has 38 heavy (non-hydrogen) atoms. The fourth-order valence-electron chi connectivity index (χ4n) is 3.87. The van der Waals surface area contributed by atoms with Crippen molar-refractivity contribution in [3.05, 3.63) is 107 Å². The van der Waals surface area contributed by atoms with E-state index in [1.165, 1.54) is 17.6 Å². The third kappa shape index (κ3) is 5.86. The normalized spacial score (nSPS) is 12.8. The SMILES string of the molecule is Cc1nc(C(=O)Nc2cccc(S(=O)N[C@@H](Cc3cccc(C(=N)N)c3)c3nc4ccccc4s3)c2)co1. The van der Waals surface area contributed by atoms with Gasteiger partial charge in [-0.25, -0.2) is 18.9 Å². The summed E-state index contributed by atoms with van der Waals surface area (Å²) < 4.78 is 22.9. The van der Waals surface area contributed by atoms with E-state index >= 15 is 0 Å². The summed E-state index contributed by atoms with van der Waals surface area (Å²) in [6.45, 7) is 1.66. The number of fused-ring (bicyclic) bond motifs is 1. The summed E-state index contributed by atoms with van der Waals surface area (Å²) in [7, 11) is -1.62. The zero-order valence-corrected chi connectivity index (χ0v) is 21.9. The summed E-state index contributed by atoms with van der Waals surface area (Å²) in [4.78, 5) is 21.8. The van der Waals surface area contributed by atoms with Gasteiger partial charge in [0.15, 0.2) is 11.6 Å². The molecular weight excluding hydrogens is 520 g/mol. The number of anilines is 1. The Morgan fingerprint density at radius 3 is 2.68 bits per heavy atom. The molecule has 0 fully saturated rings. The maximum atomic E-state index is 13.5. The van der Waals surface area contributed by atoms with Crippen molar-refractivity contribution in [3.8, 4) is 0 Å². The lowest BCUT2D eigenvalue weighted by molar-refractivity contribution is 0.102. The number of nitrogen functional groups attached to an aromatic ring is 1. The van der Waals surface area contributed by atoms with Crippen LogP contribution < -0.4 is 15.8 Å². The van der Waals surface area contributed by atoms with Crippen molar-refractivity contribution in [1.82, 2.24) is 14.7 Å². The number of aromatic nitrogens is 2. The highest BCUT2D eigenvalue weighted by atomic mass is 32.2. The van der Waals surface area contributed by atoms with Crippen LogP contribution in [0, 0.1) is 12.3 Å². The molecule has 0 radical (unpaired) electrons. The number of aryl methyl sites for hydroxylation is 1. The molecule has 9 nitrogen and oxygen atoms in total. The quantitative estimate of drug-likeness (QED) is 0.156. The highest BCUT2D eigenvalue weighted by Crippen LogP contribution is 2.29. The Labute approximate surface area is 225 Å². The van der Waals surface area contributed by atoms with Gasteiger partial charge in [-0.1, -0.05) is 36.4 Å². The van der Waals surface area contributed by atoms with Crippen molar-refractivity contribution < 1.29 is 13.4 Å². The van der Waals surface area contributed by atoms with Gasteiger partial charge < -0.3 is 15.5 Å². The Morgan fingerprint density at radius 2 is 1.92 bits per heavy atom. The molecule has 0 aliphatic rings. The van der Waals surface area contributed by atoms with Gasteiger partial charge in [-0.15, -0.1) is 11.3 Å². The number of carbonyl (C=O) groups excluding carboxylic acids is 1. The van der Waals surface area contributed by atoms with Crippen LogP contribution in [0.2, 0.25) is 0 Å². The molecule has 192 valence electrons. The first-order valence-electron chi connectivity index (χ1n) is 11.7. The van der Waals surface area contributed by atoms with Crippen LogP contribution in [-0.4, -0.2) is 25.9 Å². The van der Waals surface area contributed by atoms with Gasteiger partial charge >= 0.3 is 0 Å². The van der Waals surface area contributed by atoms with Crippen LogP contribution in [0.4, 0.5) is 5.69 Å². The minimum atomic E-state index is -1.62. The van der Waals surface area contributed by atoms with Gasteiger partial charge in [0.2, 0.25) is 0 Å². The zero-order chi connectivity index (χ0) is 26.6. The second kappa shape index (κ2) is 11.1. The van der Waals surface area contributed by atoms with Crippen molar-refractivity contribution in [2.24, 2.45) is 5.73 Å². The van der Waals surface area contributed by atoms with Gasteiger partial charge in [-0.2, -0.15) is 0 Å². The average molecular weight is 545 g/mol. The smallest absolute Gasteiger partial charge is 0.277 e. The lowest BCUT2D eigenvalue weighted by atomic mass is 10.0. The molecule has 0 saturated heterocycles. The van der Waals surface area contributed by atoms with Crippen molar-refractivity contribution in [1.29, 1.82) is 5.41 Å². The van der Waals surface area contributed by atoms with E-state index in [9.17, 15) is 9.00 Å². The van der Waals surface area contributed by atoms with Crippen LogP contribution in [-0.2, 0) is 17.4 Å². The number of benzene rings is 3. The first-order valence-corrected chi connectivity index (χ1v) is 13.6. The fourth-order valence-corrected chi connectivity index (χ4v) is 5.99. The van der Waals surface area contributed by atoms with Gasteiger partial charge in [0.25, 0.3) is 5.91 Å². The predicted octanol–water partition coefficient (Wildman–Crippen LogP) is 4.73. The zero-order valence-electron chi connectivity index (χ0n) is 20.3. The standard InChI is InChI=1S/C27H24N6O3S2/c1-16-30-23(15-36-16)26(34)31-19-8-5-9-20(14-19)38(35)33-22(13-17-6-4-7-18(12-17)25(28)29)27-32-21-10-2-3-11-24(21)37-27/h2-12,14-15,22,33H,13H2,1H3,(H3,28,29)(H,31,34)/t22-,38?/m0/s1. The Morgan fingerprint density at radius 1 is 1.11 bits per heavy atom. The van der Waals surface area contributed by atoms with Crippen LogP contribution in [0.5, 0.6) is 0 Å². The monoisotopic (exact) mass is 544 g/mol. The summed E-state index contributed by atoms with van der Waals surface area (Å²) in [6, 6.07) is 21.7. The van der Waals surface area contributed by atoms with Gasteiger partial charge in [0.05, 0.1) is 21.2 Å². The third-order valence-electron chi connectivity index (χ3n) is 5.69. The highest BCUT2D eigenvalue weighted by molar-refractivity contribution is 7.83. The molecule has 2 heterocycles. The molecule has 0 aliphatic heterocycles. The molecule has 2 aromatic heterocycles. The molecule has 0 saturated carbocycles. The number of amides is 1. The topological polar surface area (TPSA) is 147 Å². The van der Waals surface area contributed by atoms with E-state index in [-0.39, 0.29) is 17.6 Å². The van der Waals surface area contributed by atoms with Gasteiger partial charge in [0, 0.05) is 18.2 Å². The summed E-state index contributed by atoms with van der Waals surface area (Å²) in [5.74, 6) is -0.0426. The van der Waals surface area contributed by atoms with Crippen LogP contribution >= 0.6 is 11.3 Å². The first-order chi connectivity index (χ1) is 18.4. The number of amidine groups is 1. The number of oxazole rings is 1. The maximum absolute atomic E-state index is 13.5. The van der Waals surface area contributed by atoms with E-state index in [0.29, 0.717) is 28.5 Å². The fraction of sp³-hybridized carbons (Fsp3) is 0.111. The van der Waals surface area contributed by atoms with E-state index in [4.69, 9.17) is 20.5 Å². The molecule has 1 unspecified atom stereocenters. The minimum absolute atomic E-state index is 0.0143. The number of nitrogens with one attached hydrogen (secondary N) is 3. The number of nitrogens with two attached hydrogens (primary N) is 1. The first kappa shape index (κ1) is 25.5. The van der Waals surface area contributed by atoms with Crippen LogP contribution in [0.1, 0.15) is 38.6 Å². The van der Waals surface area contributed by atoms with Crippen molar-refractivity contribution in [2.75, 3.05) is 5.32 Å². The largest absolute Gasteiger partial charge is 0.448 e. The lowest BCUT2D eigenvalue weighted by Gasteiger charge is -2.17. The summed E-state index contributed by atoms with van der Waals surface area (Å²) in [5.41, 5.74) is 8.75. The molecule has 0 bridgehead atoms. The molecule has 5 rings (SSSR count). The number of hydrogen-bond donors (Lipinski definition) is 4. The summed E-state index contributed by atoms with van der Waals surface area (Å²) in [5, 5.41) is 11.3. The van der Waals surface area contributed by atoms with Crippen molar-refractivity contribution in [2.45, 2.75) is 24.3 Å². The van der Waals surface area contributed by atoms with Gasteiger partial charge in [-0.3, -0.25) is 10.2 Å². The van der Waals surface area contributed by atoms with E-state index < -0.39 is 16.9 Å². The maximum Gasteiger partial charge on any atom is 0.277 e. The van der Waals surface area contributed by atoms with E-state index in [1.807, 2.05) is 42.5 Å². The second-order valence-electron chi connectivity index (χ2n) is 8.51. The molecule has 2 atom stereocenters. The Kier molecular flexibility index (Phi) is 7.40. The van der Waals surface area contributed by atoms with E-state index in [0.717, 1.165) is 20.8 Å². The van der Waals surface area contributed by atoms with E-state index in [1.54, 1.807) is 37.3 Å². The Bertz CT molecular complexity index is 1630. The number of carbonyl (C=O) groups is 1. The van der Waals surface area contributed by atoms with E-state index in [2.05, 4.69) is 15.0 Å². The van der Waals surface area contributed by atoms with Crippen LogP contribution in [0.25, 0.3) is 10.2 Å². The molecule has 5 aromatic rings.